The third-order valence-corrected chi connectivity index (χ3v) is 4.99. The van der Waals surface area contributed by atoms with E-state index < -0.39 is 5.97 Å². The highest BCUT2D eigenvalue weighted by atomic mass is 19.1. The highest BCUT2D eigenvalue weighted by Gasteiger charge is 2.21. The van der Waals surface area contributed by atoms with Crippen LogP contribution in [0.3, 0.4) is 0 Å². The zero-order valence-corrected chi connectivity index (χ0v) is 15.7. The number of hydrogen-bond donors (Lipinski definition) is 1. The molecule has 0 unspecified atom stereocenters. The van der Waals surface area contributed by atoms with Gasteiger partial charge in [-0.25, -0.2) is 9.18 Å². The van der Waals surface area contributed by atoms with Crippen molar-refractivity contribution in [2.45, 2.75) is 19.8 Å². The zero-order chi connectivity index (χ0) is 19.8. The molecule has 28 heavy (non-hydrogen) atoms. The van der Waals surface area contributed by atoms with Crippen LogP contribution in [0.25, 0.3) is 33.6 Å². The first-order valence-corrected chi connectivity index (χ1v) is 9.20. The molecule has 0 aliphatic heterocycles. The van der Waals surface area contributed by atoms with Gasteiger partial charge in [-0.1, -0.05) is 38.1 Å². The number of hydrogen-bond acceptors (Lipinski definition) is 1. The monoisotopic (exact) mass is 373 g/mol. The summed E-state index contributed by atoms with van der Waals surface area (Å²) in [4.78, 5) is 11.2. The number of halogens is 1. The van der Waals surface area contributed by atoms with E-state index in [9.17, 15) is 14.3 Å². The van der Waals surface area contributed by atoms with Gasteiger partial charge in [0.05, 0.1) is 11.2 Å². The van der Waals surface area contributed by atoms with Gasteiger partial charge in [0, 0.05) is 23.2 Å². The van der Waals surface area contributed by atoms with Gasteiger partial charge in [0.2, 0.25) is 0 Å². The molecular formula is C24H20FNO2. The minimum Gasteiger partial charge on any atom is -0.478 e. The van der Waals surface area contributed by atoms with E-state index in [-0.39, 0.29) is 11.7 Å². The Morgan fingerprint density at radius 3 is 2.46 bits per heavy atom. The summed E-state index contributed by atoms with van der Waals surface area (Å²) in [6, 6.07) is 16.5. The normalized spacial score (nSPS) is 11.9. The summed E-state index contributed by atoms with van der Waals surface area (Å²) in [5, 5.41) is 11.4. The summed E-state index contributed by atoms with van der Waals surface area (Å²) in [5.74, 6) is -1.13. The lowest BCUT2D eigenvalue weighted by atomic mass is 9.95. The van der Waals surface area contributed by atoms with Crippen molar-refractivity contribution in [1.82, 2.24) is 4.40 Å². The molecule has 0 saturated heterocycles. The Bertz CT molecular complexity index is 1220. The fourth-order valence-corrected chi connectivity index (χ4v) is 3.87. The first kappa shape index (κ1) is 18.0. The number of pyridine rings is 1. The van der Waals surface area contributed by atoms with E-state index in [0.717, 1.165) is 44.7 Å². The molecule has 0 spiro atoms. The SMILES string of the molecule is CC(C)c1c(C=CC(=O)O)c(-c2ccc(F)cc2)n2ccc3ccccc3c12. The number of carbonyl (C=O) groups is 1. The summed E-state index contributed by atoms with van der Waals surface area (Å²) in [5.41, 5.74) is 4.68. The lowest BCUT2D eigenvalue weighted by molar-refractivity contribution is -0.131. The predicted molar refractivity (Wildman–Crippen MR) is 111 cm³/mol. The second-order valence-electron chi connectivity index (χ2n) is 7.13. The molecule has 0 radical (unpaired) electrons. The maximum atomic E-state index is 13.5. The van der Waals surface area contributed by atoms with Gasteiger partial charge in [0.15, 0.2) is 0 Å². The molecule has 0 bridgehead atoms. The molecule has 0 aliphatic rings. The van der Waals surface area contributed by atoms with Crippen LogP contribution in [0.15, 0.2) is 66.9 Å². The lowest BCUT2D eigenvalue weighted by Gasteiger charge is -2.08. The Morgan fingerprint density at radius 1 is 1.07 bits per heavy atom. The Balaban J connectivity index is 2.19. The van der Waals surface area contributed by atoms with Gasteiger partial charge >= 0.3 is 5.97 Å². The molecule has 140 valence electrons. The summed E-state index contributed by atoms with van der Waals surface area (Å²) in [7, 11) is 0. The van der Waals surface area contributed by atoms with Crippen molar-refractivity contribution < 1.29 is 14.3 Å². The minimum absolute atomic E-state index is 0.170. The van der Waals surface area contributed by atoms with Gasteiger partial charge in [-0.15, -0.1) is 0 Å². The van der Waals surface area contributed by atoms with E-state index in [0.29, 0.717) is 0 Å². The number of fused-ring (bicyclic) bond motifs is 3. The highest BCUT2D eigenvalue weighted by Crippen LogP contribution is 2.40. The van der Waals surface area contributed by atoms with Crippen LogP contribution in [-0.4, -0.2) is 15.5 Å². The average molecular weight is 373 g/mol. The second kappa shape index (κ2) is 6.97. The van der Waals surface area contributed by atoms with Gasteiger partial charge in [0.1, 0.15) is 5.82 Å². The number of nitrogens with zero attached hydrogens (tertiary/aromatic N) is 1. The second-order valence-corrected chi connectivity index (χ2v) is 7.13. The van der Waals surface area contributed by atoms with E-state index in [1.165, 1.54) is 12.1 Å². The van der Waals surface area contributed by atoms with E-state index in [2.05, 4.69) is 30.4 Å². The molecule has 0 saturated carbocycles. The Kier molecular flexibility index (Phi) is 4.47. The number of aliphatic carboxylic acids is 1. The molecule has 0 atom stereocenters. The molecule has 0 fully saturated rings. The molecule has 2 aromatic heterocycles. The molecular weight excluding hydrogens is 353 g/mol. The fraction of sp³-hybridized carbons (Fsp3) is 0.125. The van der Waals surface area contributed by atoms with Crippen molar-refractivity contribution in [2.75, 3.05) is 0 Å². The van der Waals surface area contributed by atoms with Crippen LogP contribution in [0.4, 0.5) is 4.39 Å². The molecule has 3 nitrogen and oxygen atoms in total. The number of benzene rings is 2. The third kappa shape index (κ3) is 2.97. The van der Waals surface area contributed by atoms with Gasteiger partial charge in [-0.3, -0.25) is 0 Å². The summed E-state index contributed by atoms with van der Waals surface area (Å²) >= 11 is 0. The lowest BCUT2D eigenvalue weighted by Crippen LogP contribution is -1.92. The number of carboxylic acids is 1. The van der Waals surface area contributed by atoms with Crippen LogP contribution in [-0.2, 0) is 4.79 Å². The highest BCUT2D eigenvalue weighted by molar-refractivity contribution is 6.02. The molecule has 4 heteroatoms. The minimum atomic E-state index is -1.00. The van der Waals surface area contributed by atoms with Gasteiger partial charge < -0.3 is 9.51 Å². The Morgan fingerprint density at radius 2 is 1.79 bits per heavy atom. The van der Waals surface area contributed by atoms with E-state index in [4.69, 9.17) is 0 Å². The first-order valence-electron chi connectivity index (χ1n) is 9.20. The largest absolute Gasteiger partial charge is 0.478 e. The maximum absolute atomic E-state index is 13.5. The summed E-state index contributed by atoms with van der Waals surface area (Å²) < 4.78 is 15.6. The van der Waals surface area contributed by atoms with Crippen molar-refractivity contribution in [3.63, 3.8) is 0 Å². The maximum Gasteiger partial charge on any atom is 0.328 e. The molecule has 2 heterocycles. The van der Waals surface area contributed by atoms with E-state index >= 15 is 0 Å². The first-order chi connectivity index (χ1) is 13.5. The van der Waals surface area contributed by atoms with E-state index in [1.807, 2.05) is 24.4 Å². The van der Waals surface area contributed by atoms with Crippen molar-refractivity contribution in [1.29, 1.82) is 0 Å². The van der Waals surface area contributed by atoms with Gasteiger partial charge in [0.25, 0.3) is 0 Å². The topological polar surface area (TPSA) is 41.7 Å². The van der Waals surface area contributed by atoms with Crippen LogP contribution in [0.1, 0.15) is 30.9 Å². The molecule has 4 aromatic rings. The number of aromatic nitrogens is 1. The van der Waals surface area contributed by atoms with Crippen LogP contribution in [0, 0.1) is 5.82 Å². The van der Waals surface area contributed by atoms with Crippen molar-refractivity contribution >= 4 is 28.3 Å². The molecule has 0 aliphatic carbocycles. The van der Waals surface area contributed by atoms with Crippen LogP contribution >= 0.6 is 0 Å². The number of rotatable bonds is 4. The third-order valence-electron chi connectivity index (χ3n) is 4.99. The van der Waals surface area contributed by atoms with Crippen LogP contribution in [0.5, 0.6) is 0 Å². The Hall–Kier alpha value is -3.40. The molecule has 0 amide bonds. The van der Waals surface area contributed by atoms with E-state index in [1.54, 1.807) is 18.2 Å². The van der Waals surface area contributed by atoms with Crippen molar-refractivity contribution in [2.24, 2.45) is 0 Å². The summed E-state index contributed by atoms with van der Waals surface area (Å²) in [6.45, 7) is 4.20. The summed E-state index contributed by atoms with van der Waals surface area (Å²) in [6.07, 6.45) is 4.81. The number of carboxylic acid groups (broad SMARTS) is 1. The standard InChI is InChI=1S/C24H20FNO2/c1-15(2)22-20(11-12-21(27)28)23(17-7-9-18(25)10-8-17)26-14-13-16-5-3-4-6-19(16)24(22)26/h3-15H,1-2H3,(H,27,28). The average Bonchev–Trinajstić information content (AvgIpc) is 3.02. The quantitative estimate of drug-likeness (QED) is 0.438. The van der Waals surface area contributed by atoms with Crippen molar-refractivity contribution in [3.05, 3.63) is 83.8 Å². The smallest absolute Gasteiger partial charge is 0.328 e. The fourth-order valence-electron chi connectivity index (χ4n) is 3.87. The predicted octanol–water partition coefficient (Wildman–Crippen LogP) is 6.12. The van der Waals surface area contributed by atoms with Crippen LogP contribution < -0.4 is 0 Å². The molecule has 4 rings (SSSR count). The van der Waals surface area contributed by atoms with Crippen molar-refractivity contribution in [3.8, 4) is 11.3 Å². The molecule has 1 N–H and O–H groups in total. The molecule has 2 aromatic carbocycles. The zero-order valence-electron chi connectivity index (χ0n) is 15.7. The Labute approximate surface area is 162 Å². The van der Waals surface area contributed by atoms with Gasteiger partial charge in [-0.05, 0) is 58.8 Å². The van der Waals surface area contributed by atoms with Crippen LogP contribution in [0.2, 0.25) is 0 Å². The van der Waals surface area contributed by atoms with Gasteiger partial charge in [-0.2, -0.15) is 0 Å².